The number of rotatable bonds is 6. The highest BCUT2D eigenvalue weighted by Gasteiger charge is 2.29. The van der Waals surface area contributed by atoms with Crippen molar-refractivity contribution in [2.45, 2.75) is 24.2 Å². The summed E-state index contributed by atoms with van der Waals surface area (Å²) in [5, 5.41) is 9.35. The van der Waals surface area contributed by atoms with E-state index in [4.69, 9.17) is 9.47 Å². The number of thioether (sulfide) groups is 1. The second-order valence-electron chi connectivity index (χ2n) is 7.32. The van der Waals surface area contributed by atoms with Crippen LogP contribution in [0.4, 0.5) is 5.69 Å². The Morgan fingerprint density at radius 1 is 1.16 bits per heavy atom. The topological polar surface area (TPSA) is 69.5 Å². The zero-order valence-corrected chi connectivity index (χ0v) is 17.8. The third-order valence-corrected chi connectivity index (χ3v) is 6.32. The molecule has 8 heteroatoms. The molecule has 1 atom stereocenters. The lowest BCUT2D eigenvalue weighted by Crippen LogP contribution is -2.30. The highest BCUT2D eigenvalue weighted by atomic mass is 32.2. The Hall–Kier alpha value is -3.26. The maximum absolute atomic E-state index is 12.9. The maximum atomic E-state index is 12.9. The minimum atomic E-state index is -0.377. The Kier molecular flexibility index (Phi) is 5.38. The minimum absolute atomic E-state index is 0.0656. The fourth-order valence-electron chi connectivity index (χ4n) is 3.89. The Morgan fingerprint density at radius 3 is 2.84 bits per heavy atom. The van der Waals surface area contributed by atoms with Gasteiger partial charge in [-0.05, 0) is 30.2 Å². The molecule has 158 valence electrons. The SMILES string of the molecule is C=CCn1c(SCC(=O)N2CCc3ccccc32)nnc1[C@H]1COc2ccccc2O1. The standard InChI is InChI=1S/C23H22N4O3S/c1-2-12-27-22(20-14-29-18-9-5-6-10-19(18)30-20)24-25-23(27)31-15-21(28)26-13-11-16-7-3-4-8-17(16)26/h2-10,20H,1,11-15H2/t20-/m1/s1. The highest BCUT2D eigenvalue weighted by Crippen LogP contribution is 2.36. The summed E-state index contributed by atoms with van der Waals surface area (Å²) in [7, 11) is 0. The molecule has 0 bridgehead atoms. The molecule has 0 N–H and O–H groups in total. The number of anilines is 1. The molecule has 3 heterocycles. The molecule has 0 unspecified atom stereocenters. The first-order valence-corrected chi connectivity index (χ1v) is 11.2. The molecule has 0 fully saturated rings. The summed E-state index contributed by atoms with van der Waals surface area (Å²) < 4.78 is 13.9. The van der Waals surface area contributed by atoms with Gasteiger partial charge in [0.2, 0.25) is 5.91 Å². The van der Waals surface area contributed by atoms with Gasteiger partial charge < -0.3 is 14.4 Å². The molecule has 0 aliphatic carbocycles. The summed E-state index contributed by atoms with van der Waals surface area (Å²) in [6.07, 6.45) is 2.30. The molecular formula is C23H22N4O3S. The first kappa shape index (κ1) is 19.7. The van der Waals surface area contributed by atoms with Crippen molar-refractivity contribution in [2.75, 3.05) is 23.8 Å². The molecule has 0 saturated carbocycles. The molecule has 7 nitrogen and oxygen atoms in total. The summed E-state index contributed by atoms with van der Waals surface area (Å²) >= 11 is 1.38. The van der Waals surface area contributed by atoms with Crippen LogP contribution in [0.15, 0.2) is 66.3 Å². The van der Waals surface area contributed by atoms with Gasteiger partial charge in [-0.1, -0.05) is 48.2 Å². The van der Waals surface area contributed by atoms with Gasteiger partial charge in [-0.25, -0.2) is 0 Å². The largest absolute Gasteiger partial charge is 0.485 e. The van der Waals surface area contributed by atoms with Crippen molar-refractivity contribution in [1.29, 1.82) is 0 Å². The van der Waals surface area contributed by atoms with Crippen LogP contribution in [-0.2, 0) is 17.8 Å². The van der Waals surface area contributed by atoms with Gasteiger partial charge >= 0.3 is 0 Å². The summed E-state index contributed by atoms with van der Waals surface area (Å²) in [6, 6.07) is 15.6. The van der Waals surface area contributed by atoms with Crippen LogP contribution in [0.5, 0.6) is 11.5 Å². The molecule has 0 spiro atoms. The average molecular weight is 435 g/mol. The van der Waals surface area contributed by atoms with Crippen LogP contribution in [-0.4, -0.2) is 39.6 Å². The van der Waals surface area contributed by atoms with Crippen LogP contribution in [0.3, 0.4) is 0 Å². The number of benzene rings is 2. The number of ether oxygens (including phenoxy) is 2. The van der Waals surface area contributed by atoms with E-state index in [0.717, 1.165) is 24.4 Å². The first-order chi connectivity index (χ1) is 15.2. The monoisotopic (exact) mass is 434 g/mol. The van der Waals surface area contributed by atoms with Crippen molar-refractivity contribution in [1.82, 2.24) is 14.8 Å². The Morgan fingerprint density at radius 2 is 1.97 bits per heavy atom. The number of fused-ring (bicyclic) bond motifs is 2. The number of carbonyl (C=O) groups is 1. The van der Waals surface area contributed by atoms with Crippen LogP contribution < -0.4 is 14.4 Å². The molecule has 1 amide bonds. The van der Waals surface area contributed by atoms with Crippen LogP contribution in [0.2, 0.25) is 0 Å². The normalized spacial score (nSPS) is 16.8. The van der Waals surface area contributed by atoms with Gasteiger partial charge in [0.05, 0.1) is 5.75 Å². The van der Waals surface area contributed by atoms with Crippen molar-refractivity contribution in [3.05, 3.63) is 72.6 Å². The predicted molar refractivity (Wildman–Crippen MR) is 119 cm³/mol. The molecule has 3 aromatic rings. The summed E-state index contributed by atoms with van der Waals surface area (Å²) in [4.78, 5) is 14.7. The first-order valence-electron chi connectivity index (χ1n) is 10.2. The minimum Gasteiger partial charge on any atom is -0.485 e. The van der Waals surface area contributed by atoms with Gasteiger partial charge in [0, 0.05) is 18.8 Å². The van der Waals surface area contributed by atoms with E-state index in [2.05, 4.69) is 22.8 Å². The van der Waals surface area contributed by atoms with Crippen LogP contribution >= 0.6 is 11.8 Å². The molecule has 2 aromatic carbocycles. The molecule has 0 saturated heterocycles. The summed E-state index contributed by atoms with van der Waals surface area (Å²) in [5.74, 6) is 2.42. The van der Waals surface area contributed by atoms with Gasteiger partial charge in [-0.3, -0.25) is 9.36 Å². The van der Waals surface area contributed by atoms with Crippen molar-refractivity contribution in [2.24, 2.45) is 0 Å². The molecule has 1 aromatic heterocycles. The molecule has 0 radical (unpaired) electrons. The number of allylic oxidation sites excluding steroid dienone is 1. The quantitative estimate of drug-likeness (QED) is 0.436. The summed E-state index contributed by atoms with van der Waals surface area (Å²) in [5.41, 5.74) is 2.22. The number of hydrogen-bond acceptors (Lipinski definition) is 6. The molecule has 2 aliphatic rings. The smallest absolute Gasteiger partial charge is 0.237 e. The van der Waals surface area contributed by atoms with Crippen LogP contribution in [0.25, 0.3) is 0 Å². The van der Waals surface area contributed by atoms with E-state index in [-0.39, 0.29) is 17.8 Å². The molecular weight excluding hydrogens is 412 g/mol. The zero-order chi connectivity index (χ0) is 21.2. The van der Waals surface area contributed by atoms with Gasteiger partial charge in [0.25, 0.3) is 0 Å². The lowest BCUT2D eigenvalue weighted by Gasteiger charge is -2.26. The third-order valence-electron chi connectivity index (χ3n) is 5.37. The highest BCUT2D eigenvalue weighted by molar-refractivity contribution is 7.99. The van der Waals surface area contributed by atoms with Gasteiger partial charge in [0.1, 0.15) is 6.61 Å². The molecule has 31 heavy (non-hydrogen) atoms. The van der Waals surface area contributed by atoms with Gasteiger partial charge in [-0.15, -0.1) is 16.8 Å². The number of para-hydroxylation sites is 3. The Balaban J connectivity index is 1.31. The van der Waals surface area contributed by atoms with E-state index in [1.165, 1.54) is 17.3 Å². The molecule has 5 rings (SSSR count). The van der Waals surface area contributed by atoms with E-state index in [0.29, 0.717) is 29.9 Å². The fraction of sp³-hybridized carbons (Fsp3) is 0.261. The average Bonchev–Trinajstić information content (AvgIpc) is 3.42. The number of amides is 1. The number of nitrogens with zero attached hydrogens (tertiary/aromatic N) is 4. The van der Waals surface area contributed by atoms with Crippen molar-refractivity contribution >= 4 is 23.4 Å². The lowest BCUT2D eigenvalue weighted by molar-refractivity contribution is -0.116. The second kappa shape index (κ2) is 8.47. The Bertz CT molecular complexity index is 1130. The fourth-order valence-corrected chi connectivity index (χ4v) is 4.72. The van der Waals surface area contributed by atoms with E-state index in [9.17, 15) is 4.79 Å². The van der Waals surface area contributed by atoms with E-state index >= 15 is 0 Å². The van der Waals surface area contributed by atoms with Crippen molar-refractivity contribution in [3.63, 3.8) is 0 Å². The van der Waals surface area contributed by atoms with E-state index in [1.54, 1.807) is 6.08 Å². The number of carbonyl (C=O) groups excluding carboxylic acids is 1. The third kappa shape index (κ3) is 3.79. The molecule has 2 aliphatic heterocycles. The van der Waals surface area contributed by atoms with Gasteiger partial charge in [-0.2, -0.15) is 0 Å². The maximum Gasteiger partial charge on any atom is 0.237 e. The zero-order valence-electron chi connectivity index (χ0n) is 16.9. The summed E-state index contributed by atoms with van der Waals surface area (Å²) in [6.45, 7) is 5.44. The van der Waals surface area contributed by atoms with Crippen molar-refractivity contribution < 1.29 is 14.3 Å². The predicted octanol–water partition coefficient (Wildman–Crippen LogP) is 3.66. The van der Waals surface area contributed by atoms with E-state index < -0.39 is 0 Å². The second-order valence-corrected chi connectivity index (χ2v) is 8.26. The van der Waals surface area contributed by atoms with Crippen LogP contribution in [0, 0.1) is 0 Å². The Labute approximate surface area is 184 Å². The van der Waals surface area contributed by atoms with E-state index in [1.807, 2.05) is 51.9 Å². The lowest BCUT2D eigenvalue weighted by atomic mass is 10.2. The van der Waals surface area contributed by atoms with Crippen LogP contribution in [0.1, 0.15) is 17.5 Å². The van der Waals surface area contributed by atoms with Crippen molar-refractivity contribution in [3.8, 4) is 11.5 Å². The number of aromatic nitrogens is 3. The van der Waals surface area contributed by atoms with Gasteiger partial charge in [0.15, 0.2) is 28.6 Å². The number of hydrogen-bond donors (Lipinski definition) is 0.